The average molecular weight is 398 g/mol. The number of hydrogen-bond acceptors (Lipinski definition) is 7. The summed E-state index contributed by atoms with van der Waals surface area (Å²) < 4.78 is 10.6. The van der Waals surface area contributed by atoms with E-state index < -0.39 is 18.5 Å². The Morgan fingerprint density at radius 3 is 2.68 bits per heavy atom. The lowest BCUT2D eigenvalue weighted by Gasteiger charge is -2.09. The Bertz CT molecular complexity index is 1010. The summed E-state index contributed by atoms with van der Waals surface area (Å²) in [5.74, 6) is -0.313. The lowest BCUT2D eigenvalue weighted by atomic mass is 10.1. The van der Waals surface area contributed by atoms with Gasteiger partial charge in [-0.25, -0.2) is 4.98 Å². The Hall–Kier alpha value is -3.26. The van der Waals surface area contributed by atoms with Crippen LogP contribution in [0.4, 0.5) is 5.69 Å². The summed E-state index contributed by atoms with van der Waals surface area (Å²) in [5.41, 5.74) is 1.24. The monoisotopic (exact) mass is 398 g/mol. The Morgan fingerprint density at radius 2 is 1.96 bits per heavy atom. The number of Topliss-reactive ketones (excluding diaryl/α,β-unsaturated/α-hetero) is 1. The van der Waals surface area contributed by atoms with Crippen molar-refractivity contribution in [3.8, 4) is 10.8 Å². The minimum atomic E-state index is -0.593. The molecule has 0 fully saturated rings. The molecule has 0 atom stereocenters. The molecule has 3 aromatic rings. The zero-order valence-electron chi connectivity index (χ0n) is 15.4. The van der Waals surface area contributed by atoms with Crippen LogP contribution in [0.3, 0.4) is 0 Å². The SMILES string of the molecule is CC(=O)c1ccccc1NC(=O)COC(=O)Cc1nc(-c2cccs2)oc1C. The Morgan fingerprint density at radius 1 is 1.18 bits per heavy atom. The highest BCUT2D eigenvalue weighted by atomic mass is 32.1. The van der Waals surface area contributed by atoms with Gasteiger partial charge in [0.2, 0.25) is 5.89 Å². The number of para-hydroxylation sites is 1. The number of rotatable bonds is 7. The molecule has 8 heteroatoms. The number of amides is 1. The Labute approximate surface area is 165 Å². The molecule has 0 aliphatic heterocycles. The molecular weight excluding hydrogens is 380 g/mol. The fourth-order valence-corrected chi connectivity index (χ4v) is 3.17. The lowest BCUT2D eigenvalue weighted by Crippen LogP contribution is -2.22. The molecule has 0 radical (unpaired) electrons. The number of aromatic nitrogens is 1. The number of anilines is 1. The van der Waals surface area contributed by atoms with E-state index in [1.807, 2.05) is 17.5 Å². The number of hydrogen-bond donors (Lipinski definition) is 1. The van der Waals surface area contributed by atoms with Crippen molar-refractivity contribution >= 4 is 34.7 Å². The van der Waals surface area contributed by atoms with Crippen LogP contribution < -0.4 is 5.32 Å². The number of oxazole rings is 1. The van der Waals surface area contributed by atoms with Gasteiger partial charge in [0.25, 0.3) is 5.91 Å². The van der Waals surface area contributed by atoms with Gasteiger partial charge < -0.3 is 14.5 Å². The summed E-state index contributed by atoms with van der Waals surface area (Å²) in [7, 11) is 0. The number of nitrogens with one attached hydrogen (secondary N) is 1. The summed E-state index contributed by atoms with van der Waals surface area (Å²) in [4.78, 5) is 40.9. The maximum Gasteiger partial charge on any atom is 0.312 e. The third kappa shape index (κ3) is 4.72. The molecule has 1 amide bonds. The van der Waals surface area contributed by atoms with Gasteiger partial charge in [-0.15, -0.1) is 11.3 Å². The van der Waals surface area contributed by atoms with Gasteiger partial charge in [0.1, 0.15) is 5.76 Å². The molecule has 0 saturated heterocycles. The average Bonchev–Trinajstić information content (AvgIpc) is 3.31. The van der Waals surface area contributed by atoms with E-state index in [4.69, 9.17) is 9.15 Å². The fraction of sp³-hybridized carbons (Fsp3) is 0.200. The molecule has 0 spiro atoms. The lowest BCUT2D eigenvalue weighted by molar-refractivity contribution is -0.146. The number of carbonyl (C=O) groups excluding carboxylic acids is 3. The van der Waals surface area contributed by atoms with Crippen LogP contribution in [0.5, 0.6) is 0 Å². The van der Waals surface area contributed by atoms with E-state index in [0.717, 1.165) is 4.88 Å². The molecule has 1 aromatic carbocycles. The summed E-state index contributed by atoms with van der Waals surface area (Å²) in [6.45, 7) is 2.67. The number of nitrogens with zero attached hydrogens (tertiary/aromatic N) is 1. The smallest absolute Gasteiger partial charge is 0.312 e. The normalized spacial score (nSPS) is 10.5. The second-order valence-electron chi connectivity index (χ2n) is 5.99. The highest BCUT2D eigenvalue weighted by Gasteiger charge is 2.17. The van der Waals surface area contributed by atoms with E-state index >= 15 is 0 Å². The first-order valence-corrected chi connectivity index (χ1v) is 9.37. The predicted molar refractivity (Wildman–Crippen MR) is 104 cm³/mol. The molecule has 0 aliphatic rings. The van der Waals surface area contributed by atoms with Crippen LogP contribution in [-0.4, -0.2) is 29.3 Å². The van der Waals surface area contributed by atoms with Crippen molar-refractivity contribution in [3.63, 3.8) is 0 Å². The Kier molecular flexibility index (Phi) is 6.00. The number of esters is 1. The number of thiophene rings is 1. The van der Waals surface area contributed by atoms with Crippen molar-refractivity contribution in [2.45, 2.75) is 20.3 Å². The predicted octanol–water partition coefficient (Wildman–Crippen LogP) is 3.64. The van der Waals surface area contributed by atoms with Crippen molar-refractivity contribution in [2.75, 3.05) is 11.9 Å². The summed E-state index contributed by atoms with van der Waals surface area (Å²) >= 11 is 1.49. The van der Waals surface area contributed by atoms with E-state index in [-0.39, 0.29) is 12.2 Å². The summed E-state index contributed by atoms with van der Waals surface area (Å²) in [6.07, 6.45) is -0.0992. The van der Waals surface area contributed by atoms with Gasteiger partial charge in [0.05, 0.1) is 22.7 Å². The van der Waals surface area contributed by atoms with E-state index in [0.29, 0.717) is 28.6 Å². The van der Waals surface area contributed by atoms with Crippen LogP contribution in [-0.2, 0) is 20.7 Å². The molecule has 7 nitrogen and oxygen atoms in total. The topological polar surface area (TPSA) is 98.5 Å². The van der Waals surface area contributed by atoms with Gasteiger partial charge >= 0.3 is 5.97 Å². The zero-order chi connectivity index (χ0) is 20.1. The quantitative estimate of drug-likeness (QED) is 0.482. The fourth-order valence-electron chi connectivity index (χ4n) is 2.52. The van der Waals surface area contributed by atoms with Gasteiger partial charge in [-0.2, -0.15) is 0 Å². The van der Waals surface area contributed by atoms with Gasteiger partial charge in [-0.05, 0) is 37.4 Å². The molecule has 2 heterocycles. The molecule has 0 aliphatic carbocycles. The molecule has 3 rings (SSSR count). The molecule has 0 bridgehead atoms. The van der Waals surface area contributed by atoms with Crippen LogP contribution in [0.1, 0.15) is 28.7 Å². The van der Waals surface area contributed by atoms with E-state index in [2.05, 4.69) is 10.3 Å². The van der Waals surface area contributed by atoms with E-state index in [9.17, 15) is 14.4 Å². The maximum absolute atomic E-state index is 12.1. The van der Waals surface area contributed by atoms with Crippen molar-refractivity contribution in [1.29, 1.82) is 0 Å². The first-order valence-electron chi connectivity index (χ1n) is 8.49. The van der Waals surface area contributed by atoms with Gasteiger partial charge in [0, 0.05) is 5.56 Å². The molecule has 0 saturated carbocycles. The number of benzene rings is 1. The minimum absolute atomic E-state index is 0.0992. The summed E-state index contributed by atoms with van der Waals surface area (Å²) in [6, 6.07) is 10.4. The third-order valence-corrected chi connectivity index (χ3v) is 4.74. The zero-order valence-corrected chi connectivity index (χ0v) is 16.2. The standard InChI is InChI=1S/C20H18N2O5S/c1-12(23)14-6-3-4-7-15(14)21-18(24)11-26-19(25)10-16-13(2)27-20(22-16)17-8-5-9-28-17/h3-9H,10-11H2,1-2H3,(H,21,24). The van der Waals surface area contributed by atoms with Crippen LogP contribution in [0, 0.1) is 6.92 Å². The van der Waals surface area contributed by atoms with Crippen LogP contribution in [0.25, 0.3) is 10.8 Å². The first kappa shape index (κ1) is 19.5. The van der Waals surface area contributed by atoms with Crippen LogP contribution in [0.15, 0.2) is 46.2 Å². The molecule has 144 valence electrons. The van der Waals surface area contributed by atoms with Crippen molar-refractivity contribution in [3.05, 3.63) is 58.8 Å². The van der Waals surface area contributed by atoms with Gasteiger partial charge in [-0.3, -0.25) is 14.4 Å². The van der Waals surface area contributed by atoms with Gasteiger partial charge in [0.15, 0.2) is 12.4 Å². The molecule has 1 N–H and O–H groups in total. The maximum atomic E-state index is 12.1. The van der Waals surface area contributed by atoms with Crippen molar-refractivity contribution in [2.24, 2.45) is 0 Å². The molecule has 2 aromatic heterocycles. The van der Waals surface area contributed by atoms with Crippen LogP contribution in [0.2, 0.25) is 0 Å². The van der Waals surface area contributed by atoms with Crippen LogP contribution >= 0.6 is 11.3 Å². The molecule has 28 heavy (non-hydrogen) atoms. The second kappa shape index (κ2) is 8.62. The van der Waals surface area contributed by atoms with Crippen molar-refractivity contribution < 1.29 is 23.5 Å². The molecule has 0 unspecified atom stereocenters. The largest absolute Gasteiger partial charge is 0.455 e. The van der Waals surface area contributed by atoms with Gasteiger partial charge in [-0.1, -0.05) is 18.2 Å². The number of ether oxygens (including phenoxy) is 1. The number of carbonyl (C=O) groups is 3. The van der Waals surface area contributed by atoms with Crippen molar-refractivity contribution in [1.82, 2.24) is 4.98 Å². The van der Waals surface area contributed by atoms with E-state index in [1.165, 1.54) is 18.3 Å². The highest BCUT2D eigenvalue weighted by Crippen LogP contribution is 2.26. The van der Waals surface area contributed by atoms with E-state index in [1.54, 1.807) is 31.2 Å². The molecular formula is C20H18N2O5S. The number of aryl methyl sites for hydroxylation is 1. The third-order valence-electron chi connectivity index (χ3n) is 3.88. The highest BCUT2D eigenvalue weighted by molar-refractivity contribution is 7.13. The number of ketones is 1. The first-order chi connectivity index (χ1) is 13.4. The second-order valence-corrected chi connectivity index (χ2v) is 6.93. The Balaban J connectivity index is 1.55. The summed E-state index contributed by atoms with van der Waals surface area (Å²) in [5, 5.41) is 4.48. The minimum Gasteiger partial charge on any atom is -0.455 e.